The topological polar surface area (TPSA) is 476 Å². The highest BCUT2D eigenvalue weighted by molar-refractivity contribution is 6.50. The van der Waals surface area contributed by atoms with Crippen LogP contribution in [0.4, 0.5) is 0 Å². The first-order valence-corrected chi connectivity index (χ1v) is 41.2. The van der Waals surface area contributed by atoms with Crippen molar-refractivity contribution < 1.29 is 88.9 Å². The van der Waals surface area contributed by atoms with Gasteiger partial charge < -0.3 is 114 Å². The van der Waals surface area contributed by atoms with Gasteiger partial charge in [-0.3, -0.25) is 19.2 Å². The third-order valence-corrected chi connectivity index (χ3v) is 23.4. The number of hydrogen-bond donors (Lipinski definition) is 18. The van der Waals surface area contributed by atoms with Crippen molar-refractivity contribution in [2.24, 2.45) is 47.0 Å². The third-order valence-electron chi connectivity index (χ3n) is 23.4. The van der Waals surface area contributed by atoms with Gasteiger partial charge in [-0.15, -0.1) is 0 Å². The highest BCUT2D eigenvalue weighted by atomic mass is 16.4. The van der Waals surface area contributed by atoms with Crippen molar-refractivity contribution in [2.75, 3.05) is 133 Å². The summed E-state index contributed by atoms with van der Waals surface area (Å²) in [5.41, 5.74) is 7.92. The number of likely N-dealkylation sites (tertiary alicyclic amines) is 2. The normalized spacial score (nSPS) is 27.3. The van der Waals surface area contributed by atoms with E-state index < -0.39 is 46.0 Å². The van der Waals surface area contributed by atoms with Gasteiger partial charge in [0.15, 0.2) is 0 Å². The molecule has 30 nitrogen and oxygen atoms in total. The van der Waals surface area contributed by atoms with Crippen LogP contribution in [0.2, 0.25) is 78.9 Å². The van der Waals surface area contributed by atoms with E-state index >= 15 is 0 Å². The number of carbonyl (C=O) groups excluding carboxylic acids is 4. The molecule has 626 valence electrons. The molecule has 0 aromatic heterocycles. The van der Waals surface area contributed by atoms with E-state index in [4.69, 9.17) is 40.7 Å². The number of carboxylic acid groups (broad SMARTS) is 4. The van der Waals surface area contributed by atoms with Gasteiger partial charge in [0.05, 0.1) is 0 Å². The minimum Gasteiger partial charge on any atom is -0.480 e. The predicted molar refractivity (Wildman–Crippen MR) is 434 cm³/mol. The fourth-order valence-electron chi connectivity index (χ4n) is 17.2. The maximum Gasteiger partial charge on any atom is 0.373 e. The Labute approximate surface area is 655 Å². The van der Waals surface area contributed by atoms with Crippen molar-refractivity contribution in [2.45, 2.75) is 261 Å². The van der Waals surface area contributed by atoms with Crippen molar-refractivity contribution in [3.63, 3.8) is 0 Å². The van der Waals surface area contributed by atoms with E-state index in [0.29, 0.717) is 38.0 Å². The average Bonchev–Trinajstić information content (AvgIpc) is 1.71. The summed E-state index contributed by atoms with van der Waals surface area (Å²) in [7, 11) is 8.06. The summed E-state index contributed by atoms with van der Waals surface area (Å²) in [5, 5.41) is 113. The Morgan fingerprint density at radius 3 is 0.991 bits per heavy atom. The molecule has 0 radical (unpaired) electrons. The smallest absolute Gasteiger partial charge is 0.373 e. The molecule has 0 aliphatic carbocycles. The Balaban J connectivity index is 0.000000648. The molecule has 12 atom stereocenters. The van der Waals surface area contributed by atoms with Crippen molar-refractivity contribution in [3.8, 4) is 0 Å². The maximum atomic E-state index is 11.9. The SMILES string of the molecule is CB(O)CCCC1CCNC1(CCN1CCC1)C(=O)O.CB(O)CCCC1CCNC1(CCN1CCCC1)C(=O)O.CB(O)CCCC1CCNC1(CN(C)C)C(=O)O.CB(O)CCCC1CCNC1(CN)C(=O)O.CB(O)CCCC1CNC(CN(C)C)C1.CB(O)CCCC1CNC(CN)C1.O=C=O.O=C=O. The van der Waals surface area contributed by atoms with E-state index in [1.807, 2.05) is 32.6 Å². The van der Waals surface area contributed by atoms with Gasteiger partial charge in [0.1, 0.15) is 22.2 Å². The van der Waals surface area contributed by atoms with Crippen LogP contribution in [0.3, 0.4) is 0 Å². The Morgan fingerprint density at radius 2 is 0.716 bits per heavy atom. The molecule has 8 aliphatic rings. The highest BCUT2D eigenvalue weighted by Gasteiger charge is 2.52. The van der Waals surface area contributed by atoms with Crippen LogP contribution in [0.1, 0.15) is 148 Å². The Morgan fingerprint density at radius 1 is 0.431 bits per heavy atom. The lowest BCUT2D eigenvalue weighted by Gasteiger charge is -2.37. The zero-order valence-electron chi connectivity index (χ0n) is 68.6. The first kappa shape index (κ1) is 103. The molecule has 0 aromatic rings. The standard InChI is InChI=1S/C15H29BN2O3.C14H27BN2O3.C12H25BN2O3.C11H25BN2O.C10H21BN2O3.C9H21BN2O.2CO2/c1-16(21)8-4-5-13-6-9-17-15(13,14(19)20)7-12-18-10-2-3-11-18;1-15(20)7-2-4-12-5-8-16-14(12,13(18)19)6-11-17-9-3-10-17;1-13(18)7-4-5-10-6-8-14-12(10,11(16)17)9-15(2)3;1-12(15)6-4-5-10-7-11(13-8-10)9-14(2)3;1-11(16)5-2-3-8-4-6-13-10(8,7-12)9(14)15;1-10(13)4-2-3-8-5-9(6-11)12-7-8;2*2-1-3/h13,17,21H,2-12H2,1H3,(H,19,20);12,16,20H,2-11H2,1H3,(H,18,19);10,14,18H,4-9H2,1-3H3,(H,16,17);10-11,13,15H,4-9H2,1-3H3;8,13,16H,2-7,12H2,1H3,(H,14,15);8-9,12-13H,2-7,11H2,1H3;;. The number of nitrogens with one attached hydrogen (secondary N) is 6. The van der Waals surface area contributed by atoms with Gasteiger partial charge >= 0.3 is 36.2 Å². The first-order valence-electron chi connectivity index (χ1n) is 41.2. The van der Waals surface area contributed by atoms with E-state index in [9.17, 15) is 59.7 Å². The number of nitrogens with two attached hydrogens (primary N) is 2. The van der Waals surface area contributed by atoms with Crippen LogP contribution in [-0.4, -0.2) is 315 Å². The molecule has 0 bridgehead atoms. The molecule has 109 heavy (non-hydrogen) atoms. The van der Waals surface area contributed by atoms with Gasteiger partial charge in [0, 0.05) is 51.4 Å². The lowest BCUT2D eigenvalue weighted by Crippen LogP contribution is -2.58. The van der Waals surface area contributed by atoms with Gasteiger partial charge in [0.25, 0.3) is 41.5 Å². The minimum absolute atomic E-state index is 0.0775. The number of rotatable bonds is 40. The number of aliphatic carboxylic acids is 4. The van der Waals surface area contributed by atoms with E-state index in [1.165, 1.54) is 51.4 Å². The largest absolute Gasteiger partial charge is 0.480 e. The van der Waals surface area contributed by atoms with E-state index in [1.54, 1.807) is 27.3 Å². The van der Waals surface area contributed by atoms with Crippen molar-refractivity contribution >= 4 is 77.7 Å². The average molecular weight is 1550 g/mol. The molecule has 0 aromatic carbocycles. The third kappa shape index (κ3) is 40.0. The van der Waals surface area contributed by atoms with Gasteiger partial charge in [0.2, 0.25) is 0 Å². The van der Waals surface area contributed by atoms with E-state index in [2.05, 4.69) is 60.7 Å². The van der Waals surface area contributed by atoms with Crippen LogP contribution in [0.25, 0.3) is 0 Å². The van der Waals surface area contributed by atoms with Crippen LogP contribution in [0.15, 0.2) is 0 Å². The molecule has 12 unspecified atom stereocenters. The summed E-state index contributed by atoms with van der Waals surface area (Å²) in [6.45, 7) is 23.5. The van der Waals surface area contributed by atoms with Crippen molar-refractivity contribution in [1.82, 2.24) is 51.5 Å². The summed E-state index contributed by atoms with van der Waals surface area (Å²) in [6, 6.07) is 1.22. The first-order chi connectivity index (χ1) is 51.6. The maximum absolute atomic E-state index is 11.9. The van der Waals surface area contributed by atoms with Gasteiger partial charge in [-0.25, -0.2) is 0 Å². The summed E-state index contributed by atoms with van der Waals surface area (Å²) in [5.74, 6) is -0.772. The molecular formula is C73H148B6N12O18. The molecule has 8 rings (SSSR count). The molecular weight excluding hydrogens is 1400 g/mol. The summed E-state index contributed by atoms with van der Waals surface area (Å²) in [4.78, 5) is 88.0. The van der Waals surface area contributed by atoms with Crippen LogP contribution in [0, 0.1) is 35.5 Å². The van der Waals surface area contributed by atoms with E-state index in [0.717, 1.165) is 218 Å². The Bertz CT molecular complexity index is 2510. The van der Waals surface area contributed by atoms with Gasteiger partial charge in [-0.2, -0.15) is 19.2 Å². The fourth-order valence-corrected chi connectivity index (χ4v) is 17.2. The number of nitrogens with zero attached hydrogens (tertiary/aromatic N) is 4. The molecule has 0 spiro atoms. The monoisotopic (exact) mass is 1550 g/mol. The Hall–Kier alpha value is -3.69. The summed E-state index contributed by atoms with van der Waals surface area (Å²) >= 11 is 0. The fraction of sp³-hybridized carbons (Fsp3) is 0.918. The summed E-state index contributed by atoms with van der Waals surface area (Å²) in [6.07, 6.45) is 28.4. The minimum atomic E-state index is -0.946. The molecule has 0 saturated carbocycles. The molecule has 8 heterocycles. The molecule has 0 amide bonds. The number of carbonyl (C=O) groups is 4. The second-order valence-corrected chi connectivity index (χ2v) is 33.2. The van der Waals surface area contributed by atoms with Crippen LogP contribution in [0.5, 0.6) is 0 Å². The molecule has 8 aliphatic heterocycles. The van der Waals surface area contributed by atoms with Crippen molar-refractivity contribution in [1.29, 1.82) is 0 Å². The lowest BCUT2D eigenvalue weighted by molar-refractivity contribution is -0.193. The van der Waals surface area contributed by atoms with E-state index in [-0.39, 0.29) is 84.0 Å². The van der Waals surface area contributed by atoms with Crippen LogP contribution in [-0.2, 0) is 38.4 Å². The lowest BCUT2D eigenvalue weighted by atomic mass is 9.66. The van der Waals surface area contributed by atoms with Gasteiger partial charge in [-0.1, -0.05) is 79.5 Å². The molecule has 20 N–H and O–H groups in total. The quantitative estimate of drug-likeness (QED) is 0.0392. The van der Waals surface area contributed by atoms with Crippen molar-refractivity contribution in [3.05, 3.63) is 0 Å². The summed E-state index contributed by atoms with van der Waals surface area (Å²) < 4.78 is 0. The molecule has 36 heteroatoms. The second kappa shape index (κ2) is 57.4. The van der Waals surface area contributed by atoms with Gasteiger partial charge in [-0.05, 0) is 276 Å². The Kier molecular flexibility index (Phi) is 54.4. The number of hydrogen-bond acceptors (Lipinski definition) is 26. The van der Waals surface area contributed by atoms with Crippen LogP contribution < -0.4 is 43.4 Å². The molecule has 8 fully saturated rings. The number of likely N-dealkylation sites (N-methyl/N-ethyl adjacent to an activating group) is 2. The second-order valence-electron chi connectivity index (χ2n) is 33.2. The highest BCUT2D eigenvalue weighted by Crippen LogP contribution is 2.38. The zero-order valence-corrected chi connectivity index (χ0v) is 68.6. The number of carboxylic acids is 4. The van der Waals surface area contributed by atoms with Crippen LogP contribution >= 0.6 is 0 Å². The molecule has 8 saturated heterocycles. The predicted octanol–water partition coefficient (Wildman–Crippen LogP) is 2.42. The zero-order chi connectivity index (χ0) is 82.2.